The summed E-state index contributed by atoms with van der Waals surface area (Å²) in [5.74, 6) is 1.58. The number of halogens is 1. The molecule has 1 saturated carbocycles. The van der Waals surface area contributed by atoms with Crippen molar-refractivity contribution in [2.75, 3.05) is 5.88 Å². The molecule has 0 N–H and O–H groups in total. The second kappa shape index (κ2) is 5.69. The number of hydrogen-bond donors (Lipinski definition) is 0. The van der Waals surface area contributed by atoms with Crippen LogP contribution in [0.25, 0.3) is 11.0 Å². The number of imidazole rings is 1. The highest BCUT2D eigenvalue weighted by Gasteiger charge is 2.32. The van der Waals surface area contributed by atoms with Crippen LogP contribution in [0.2, 0.25) is 0 Å². The molecule has 2 aromatic rings. The normalized spacial score (nSPS) is 17.8. The van der Waals surface area contributed by atoms with Gasteiger partial charge in [-0.25, -0.2) is 4.98 Å². The summed E-state index contributed by atoms with van der Waals surface area (Å²) in [7, 11) is 0. The predicted molar refractivity (Wildman–Crippen MR) is 85.6 cm³/mol. The number of fused-ring (bicyclic) bond motifs is 1. The Labute approximate surface area is 130 Å². The Balaban J connectivity index is 2.24. The fourth-order valence-electron chi connectivity index (χ4n) is 3.63. The number of nitriles is 1. The topological polar surface area (TPSA) is 41.6 Å². The fraction of sp³-hybridized carbons (Fsp3) is 0.529. The minimum Gasteiger partial charge on any atom is -0.322 e. The summed E-state index contributed by atoms with van der Waals surface area (Å²) in [6, 6.07) is 8.14. The predicted octanol–water partition coefficient (Wildman–Crippen LogP) is 4.37. The minimum atomic E-state index is 0.0997. The molecule has 0 amide bonds. The molecule has 0 spiro atoms. The maximum Gasteiger partial charge on any atom is 0.111 e. The number of hydrogen-bond acceptors (Lipinski definition) is 2. The summed E-state index contributed by atoms with van der Waals surface area (Å²) in [6.07, 6.45) is 6.92. The van der Waals surface area contributed by atoms with Crippen molar-refractivity contribution in [2.45, 2.75) is 51.0 Å². The van der Waals surface area contributed by atoms with Crippen molar-refractivity contribution in [3.05, 3.63) is 29.6 Å². The summed E-state index contributed by atoms with van der Waals surface area (Å²) >= 11 is 5.98. The molecule has 0 aliphatic heterocycles. The molecule has 0 bridgehead atoms. The Bertz CT molecular complexity index is 690. The number of benzene rings is 1. The van der Waals surface area contributed by atoms with E-state index in [-0.39, 0.29) is 5.54 Å². The maximum absolute atomic E-state index is 9.31. The van der Waals surface area contributed by atoms with E-state index in [0.717, 1.165) is 23.3 Å². The van der Waals surface area contributed by atoms with Crippen molar-refractivity contribution in [1.29, 1.82) is 5.26 Å². The molecular formula is C17H20ClN3. The number of rotatable bonds is 3. The molecule has 1 heterocycles. The smallest absolute Gasteiger partial charge is 0.111 e. The van der Waals surface area contributed by atoms with Gasteiger partial charge in [-0.3, -0.25) is 0 Å². The molecule has 0 saturated heterocycles. The second-order valence-corrected chi connectivity index (χ2v) is 6.52. The van der Waals surface area contributed by atoms with Crippen molar-refractivity contribution in [3.8, 4) is 6.07 Å². The first-order valence-electron chi connectivity index (χ1n) is 7.66. The van der Waals surface area contributed by atoms with Gasteiger partial charge in [0, 0.05) is 17.8 Å². The van der Waals surface area contributed by atoms with Gasteiger partial charge in [0.05, 0.1) is 11.1 Å². The monoisotopic (exact) mass is 301 g/mol. The average molecular weight is 302 g/mol. The number of alkyl halides is 1. The van der Waals surface area contributed by atoms with Crippen LogP contribution in [-0.4, -0.2) is 15.4 Å². The third-order valence-electron chi connectivity index (χ3n) is 4.66. The highest BCUT2D eigenvalue weighted by atomic mass is 35.5. The van der Waals surface area contributed by atoms with Crippen LogP contribution in [0.15, 0.2) is 18.2 Å². The van der Waals surface area contributed by atoms with Gasteiger partial charge in [-0.15, -0.1) is 11.6 Å². The highest BCUT2D eigenvalue weighted by Crippen LogP contribution is 2.38. The van der Waals surface area contributed by atoms with Crippen LogP contribution >= 0.6 is 11.6 Å². The van der Waals surface area contributed by atoms with Gasteiger partial charge in [-0.1, -0.05) is 25.3 Å². The van der Waals surface area contributed by atoms with Gasteiger partial charge in [-0.2, -0.15) is 5.26 Å². The average Bonchev–Trinajstić information content (AvgIpc) is 2.87. The van der Waals surface area contributed by atoms with Gasteiger partial charge in [0.1, 0.15) is 17.4 Å². The van der Waals surface area contributed by atoms with Crippen molar-refractivity contribution < 1.29 is 0 Å². The Morgan fingerprint density at radius 1 is 1.33 bits per heavy atom. The summed E-state index contributed by atoms with van der Waals surface area (Å²) < 4.78 is 2.37. The van der Waals surface area contributed by atoms with E-state index in [1.165, 1.54) is 32.1 Å². The molecule has 1 aromatic heterocycles. The van der Waals surface area contributed by atoms with Crippen molar-refractivity contribution in [2.24, 2.45) is 0 Å². The SMILES string of the molecule is CC1(n2c(CCCl)nc3c(C#N)cccc32)CCCCC1. The van der Waals surface area contributed by atoms with Crippen LogP contribution < -0.4 is 0 Å². The Morgan fingerprint density at radius 3 is 2.76 bits per heavy atom. The molecule has 3 rings (SSSR count). The van der Waals surface area contributed by atoms with Crippen LogP contribution in [0.4, 0.5) is 0 Å². The van der Waals surface area contributed by atoms with E-state index in [0.29, 0.717) is 11.4 Å². The third kappa shape index (κ3) is 2.42. The first-order valence-corrected chi connectivity index (χ1v) is 8.20. The van der Waals surface area contributed by atoms with Gasteiger partial charge >= 0.3 is 0 Å². The van der Waals surface area contributed by atoms with Gasteiger partial charge in [-0.05, 0) is 31.9 Å². The van der Waals surface area contributed by atoms with Crippen molar-refractivity contribution in [1.82, 2.24) is 9.55 Å². The summed E-state index contributed by atoms with van der Waals surface area (Å²) in [5, 5.41) is 9.31. The molecular weight excluding hydrogens is 282 g/mol. The van der Waals surface area contributed by atoms with E-state index >= 15 is 0 Å². The lowest BCUT2D eigenvalue weighted by Crippen LogP contribution is -2.34. The van der Waals surface area contributed by atoms with Crippen LogP contribution in [0.3, 0.4) is 0 Å². The van der Waals surface area contributed by atoms with Crippen molar-refractivity contribution >= 4 is 22.6 Å². The Morgan fingerprint density at radius 2 is 2.10 bits per heavy atom. The Kier molecular flexibility index (Phi) is 3.91. The lowest BCUT2D eigenvalue weighted by molar-refractivity contribution is 0.219. The molecule has 3 nitrogen and oxygen atoms in total. The maximum atomic E-state index is 9.31. The zero-order valence-corrected chi connectivity index (χ0v) is 13.2. The molecule has 110 valence electrons. The highest BCUT2D eigenvalue weighted by molar-refractivity contribution is 6.17. The van der Waals surface area contributed by atoms with Crippen molar-refractivity contribution in [3.63, 3.8) is 0 Å². The molecule has 1 fully saturated rings. The first-order chi connectivity index (χ1) is 10.2. The Hall–Kier alpha value is -1.53. The number of aromatic nitrogens is 2. The zero-order valence-electron chi connectivity index (χ0n) is 12.4. The van der Waals surface area contributed by atoms with Crippen LogP contribution in [0.5, 0.6) is 0 Å². The summed E-state index contributed by atoms with van der Waals surface area (Å²) in [5.41, 5.74) is 2.66. The van der Waals surface area contributed by atoms with Crippen LogP contribution in [0, 0.1) is 11.3 Å². The number of nitrogens with zero attached hydrogens (tertiary/aromatic N) is 3. The molecule has 0 unspecified atom stereocenters. The van der Waals surface area contributed by atoms with Gasteiger partial charge in [0.25, 0.3) is 0 Å². The summed E-state index contributed by atoms with van der Waals surface area (Å²) in [6.45, 7) is 2.32. The molecule has 4 heteroatoms. The lowest BCUT2D eigenvalue weighted by Gasteiger charge is -2.37. The molecule has 1 aromatic carbocycles. The number of aryl methyl sites for hydroxylation is 1. The molecule has 1 aliphatic carbocycles. The molecule has 0 atom stereocenters. The van der Waals surface area contributed by atoms with Crippen LogP contribution in [0.1, 0.15) is 50.4 Å². The fourth-order valence-corrected chi connectivity index (χ4v) is 3.80. The second-order valence-electron chi connectivity index (χ2n) is 6.15. The quantitative estimate of drug-likeness (QED) is 0.790. The van der Waals surface area contributed by atoms with E-state index in [4.69, 9.17) is 16.6 Å². The van der Waals surface area contributed by atoms with Gasteiger partial charge < -0.3 is 4.57 Å². The van der Waals surface area contributed by atoms with E-state index in [2.05, 4.69) is 23.6 Å². The first kappa shape index (κ1) is 14.4. The largest absolute Gasteiger partial charge is 0.322 e. The number of para-hydroxylation sites is 1. The minimum absolute atomic E-state index is 0.0997. The molecule has 1 aliphatic rings. The standard InChI is InChI=1S/C17H20ClN3/c1-17(9-3-2-4-10-17)21-14-7-5-6-13(12-19)16(14)20-15(21)8-11-18/h5-7H,2-4,8-11H2,1H3. The third-order valence-corrected chi connectivity index (χ3v) is 4.85. The van der Waals surface area contributed by atoms with Crippen LogP contribution in [-0.2, 0) is 12.0 Å². The molecule has 0 radical (unpaired) electrons. The lowest BCUT2D eigenvalue weighted by atomic mass is 9.82. The van der Waals surface area contributed by atoms with E-state index in [1.807, 2.05) is 12.1 Å². The van der Waals surface area contributed by atoms with Gasteiger partial charge in [0.15, 0.2) is 0 Å². The zero-order chi connectivity index (χ0) is 14.9. The molecule has 21 heavy (non-hydrogen) atoms. The van der Waals surface area contributed by atoms with Gasteiger partial charge in [0.2, 0.25) is 0 Å². The summed E-state index contributed by atoms with van der Waals surface area (Å²) in [4.78, 5) is 4.75. The van der Waals surface area contributed by atoms with E-state index < -0.39 is 0 Å². The van der Waals surface area contributed by atoms with E-state index in [1.54, 1.807) is 0 Å². The van der Waals surface area contributed by atoms with E-state index in [9.17, 15) is 5.26 Å².